The summed E-state index contributed by atoms with van der Waals surface area (Å²) in [5, 5.41) is 13.9. The van der Waals surface area contributed by atoms with E-state index in [1.165, 1.54) is 0 Å². The molecule has 1 unspecified atom stereocenters. The lowest BCUT2D eigenvalue weighted by molar-refractivity contribution is -0.145. The van der Waals surface area contributed by atoms with Gasteiger partial charge in [0.15, 0.2) is 0 Å². The van der Waals surface area contributed by atoms with Gasteiger partial charge < -0.3 is 31.5 Å². The number of carbonyl (C=O) groups is 6. The minimum Gasteiger partial charge on any atom is -0.346 e. The Kier molecular flexibility index (Phi) is 11.1. The Morgan fingerprint density at radius 2 is 1.50 bits per heavy atom. The van der Waals surface area contributed by atoms with Crippen LogP contribution in [0.4, 0.5) is 4.79 Å². The van der Waals surface area contributed by atoms with E-state index in [2.05, 4.69) is 40.4 Å². The monoisotopic (exact) mass is 694 g/mol. The van der Waals surface area contributed by atoms with E-state index in [4.69, 9.17) is 0 Å². The molecule has 1 aromatic carbocycles. The van der Waals surface area contributed by atoms with Gasteiger partial charge in [0.2, 0.25) is 23.5 Å². The Morgan fingerprint density at radius 3 is 2.04 bits per heavy atom. The molecule has 1 saturated heterocycles. The van der Waals surface area contributed by atoms with Gasteiger partial charge in [-0.15, -0.1) is 0 Å². The Balaban J connectivity index is 1.47. The summed E-state index contributed by atoms with van der Waals surface area (Å²) in [6.07, 6.45) is 3.08. The van der Waals surface area contributed by atoms with Gasteiger partial charge in [-0.05, 0) is 75.2 Å². The maximum atomic E-state index is 14.2. The van der Waals surface area contributed by atoms with Gasteiger partial charge in [0.25, 0.3) is 5.91 Å². The van der Waals surface area contributed by atoms with Gasteiger partial charge in [0.1, 0.15) is 12.1 Å². The fourth-order valence-corrected chi connectivity index (χ4v) is 7.41. The number of rotatable bonds is 12. The molecular formula is C38H58N6O6. The Bertz CT molecular complexity index is 1470. The van der Waals surface area contributed by atoms with Crippen LogP contribution in [-0.2, 0) is 29.5 Å². The van der Waals surface area contributed by atoms with Gasteiger partial charge in [-0.3, -0.25) is 24.0 Å². The number of amides is 6. The van der Waals surface area contributed by atoms with Gasteiger partial charge >= 0.3 is 6.03 Å². The van der Waals surface area contributed by atoms with Crippen LogP contribution in [0.15, 0.2) is 30.3 Å². The highest BCUT2D eigenvalue weighted by molar-refractivity contribution is 6.38. The molecule has 50 heavy (non-hydrogen) atoms. The molecule has 276 valence electrons. The first-order chi connectivity index (χ1) is 23.0. The molecule has 2 saturated carbocycles. The molecule has 3 aliphatic rings. The lowest BCUT2D eigenvalue weighted by Crippen LogP contribution is -2.62. The summed E-state index contributed by atoms with van der Waals surface area (Å²) < 4.78 is 0. The molecule has 5 N–H and O–H groups in total. The number of nitrogens with zero attached hydrogens (tertiary/aromatic N) is 1. The van der Waals surface area contributed by atoms with E-state index in [-0.39, 0.29) is 29.1 Å². The second-order valence-electron chi connectivity index (χ2n) is 17.7. The van der Waals surface area contributed by atoms with Crippen LogP contribution in [0, 0.1) is 28.6 Å². The normalized spacial score (nSPS) is 22.6. The average molecular weight is 695 g/mol. The van der Waals surface area contributed by atoms with Crippen molar-refractivity contribution >= 4 is 35.4 Å². The van der Waals surface area contributed by atoms with Crippen LogP contribution in [0.2, 0.25) is 0 Å². The lowest BCUT2D eigenvalue weighted by Gasteiger charge is -2.38. The fourth-order valence-electron chi connectivity index (χ4n) is 7.41. The van der Waals surface area contributed by atoms with Crippen molar-refractivity contribution < 1.29 is 28.8 Å². The maximum absolute atomic E-state index is 14.2. The Hall–Kier alpha value is -3.96. The predicted molar refractivity (Wildman–Crippen MR) is 190 cm³/mol. The van der Waals surface area contributed by atoms with E-state index in [1.54, 1.807) is 4.90 Å². The number of hydrogen-bond donors (Lipinski definition) is 5. The molecule has 1 aromatic rings. The molecule has 4 rings (SSSR count). The molecule has 0 spiro atoms. The lowest BCUT2D eigenvalue weighted by atomic mass is 9.80. The minimum absolute atomic E-state index is 0.0777. The van der Waals surface area contributed by atoms with Crippen LogP contribution in [0.25, 0.3) is 0 Å². The highest BCUT2D eigenvalue weighted by Gasteiger charge is 2.70. The smallest absolute Gasteiger partial charge is 0.315 e. The maximum Gasteiger partial charge on any atom is 0.315 e. The van der Waals surface area contributed by atoms with Gasteiger partial charge in [0, 0.05) is 12.1 Å². The molecule has 1 aliphatic heterocycles. The number of carbonyl (C=O) groups excluding carboxylic acids is 6. The average Bonchev–Trinajstić information content (AvgIpc) is 3.29. The van der Waals surface area contributed by atoms with Crippen molar-refractivity contribution in [2.75, 3.05) is 13.1 Å². The number of piperidine rings is 1. The van der Waals surface area contributed by atoms with Crippen LogP contribution in [0.3, 0.4) is 0 Å². The zero-order valence-corrected chi connectivity index (χ0v) is 31.5. The van der Waals surface area contributed by atoms with Gasteiger partial charge in [-0.25, -0.2) is 4.79 Å². The highest BCUT2D eigenvalue weighted by Crippen LogP contribution is 2.65. The zero-order valence-electron chi connectivity index (χ0n) is 31.5. The largest absolute Gasteiger partial charge is 0.346 e. The Labute approximate surface area is 297 Å². The van der Waals surface area contributed by atoms with Crippen LogP contribution in [0.1, 0.15) is 100 Å². The van der Waals surface area contributed by atoms with Crippen molar-refractivity contribution in [1.82, 2.24) is 31.5 Å². The molecule has 0 radical (unpaired) electrons. The van der Waals surface area contributed by atoms with E-state index in [0.29, 0.717) is 13.0 Å². The molecule has 0 aromatic heterocycles. The van der Waals surface area contributed by atoms with Crippen LogP contribution >= 0.6 is 0 Å². The molecule has 0 bridgehead atoms. The molecule has 2 aliphatic carbocycles. The zero-order chi connectivity index (χ0) is 37.4. The standard InChI is InChI=1S/C38H58N6O6/c1-35(2,3)30(41-34(50)43-36(4,5)6)33(49)44-21-24-27(37(24,7)8)28(44)31(47)40-25(19-22-15-14-16-22)29(46)32(48)39-20-26(45)42-38(9,10)23-17-12-11-13-18-23/h11-13,17-18,22,24-25,27-28,30H,14-16,19-21H2,1-10H3,(H,39,48)(H,40,47)(H,42,45)(H2,41,43,50)/t24-,25?,27-,28-,30+/m0/s1. The Morgan fingerprint density at radius 1 is 0.880 bits per heavy atom. The van der Waals surface area contributed by atoms with Crippen LogP contribution in [-0.4, -0.2) is 77.1 Å². The van der Waals surface area contributed by atoms with Crippen LogP contribution in [0.5, 0.6) is 0 Å². The third kappa shape index (κ3) is 9.03. The number of urea groups is 1. The van der Waals surface area contributed by atoms with Crippen molar-refractivity contribution in [2.24, 2.45) is 28.6 Å². The number of hydrogen-bond acceptors (Lipinski definition) is 6. The second kappa shape index (κ2) is 14.3. The summed E-state index contributed by atoms with van der Waals surface area (Å²) in [4.78, 5) is 82.4. The molecule has 6 amide bonds. The van der Waals surface area contributed by atoms with E-state index in [9.17, 15) is 28.8 Å². The van der Waals surface area contributed by atoms with Crippen molar-refractivity contribution in [3.8, 4) is 0 Å². The van der Waals surface area contributed by atoms with E-state index >= 15 is 0 Å². The number of likely N-dealkylation sites (tertiary alicyclic amines) is 1. The first-order valence-electron chi connectivity index (χ1n) is 17.9. The van der Waals surface area contributed by atoms with Crippen LogP contribution < -0.4 is 26.6 Å². The molecule has 5 atom stereocenters. The number of fused-ring (bicyclic) bond motifs is 1. The quantitative estimate of drug-likeness (QED) is 0.211. The number of nitrogens with one attached hydrogen (secondary N) is 5. The van der Waals surface area contributed by atoms with Crippen molar-refractivity contribution in [1.29, 1.82) is 0 Å². The van der Waals surface area contributed by atoms with E-state index < -0.39 is 70.7 Å². The number of Topliss-reactive ketones (excluding diaryl/α,β-unsaturated/α-hetero) is 1. The summed E-state index contributed by atoms with van der Waals surface area (Å²) >= 11 is 0. The topological polar surface area (TPSA) is 166 Å². The molecule has 3 fully saturated rings. The van der Waals surface area contributed by atoms with E-state index in [1.807, 2.05) is 85.7 Å². The number of ketones is 1. The first kappa shape index (κ1) is 38.8. The highest BCUT2D eigenvalue weighted by atomic mass is 16.2. The third-order valence-corrected chi connectivity index (χ3v) is 10.6. The summed E-state index contributed by atoms with van der Waals surface area (Å²) in [5.41, 5.74) is -1.20. The molecule has 12 nitrogen and oxygen atoms in total. The summed E-state index contributed by atoms with van der Waals surface area (Å²) in [6, 6.07) is 6.03. The SMILES string of the molecule is CC(C)(C)NC(=O)N[C@H](C(=O)N1C[C@H]2[C@@H]([C@H]1C(=O)NC(CC1CCC1)C(=O)C(=O)NCC(=O)NC(C)(C)c1ccccc1)C2(C)C)C(C)(C)C. The fraction of sp³-hybridized carbons (Fsp3) is 0.684. The predicted octanol–water partition coefficient (Wildman–Crippen LogP) is 3.39. The second-order valence-corrected chi connectivity index (χ2v) is 17.7. The summed E-state index contributed by atoms with van der Waals surface area (Å²) in [5.74, 6) is -2.97. The molecule has 1 heterocycles. The van der Waals surface area contributed by atoms with Crippen molar-refractivity contribution in [3.63, 3.8) is 0 Å². The van der Waals surface area contributed by atoms with Gasteiger partial charge in [0.05, 0.1) is 18.1 Å². The third-order valence-electron chi connectivity index (χ3n) is 10.6. The molecular weight excluding hydrogens is 636 g/mol. The molecule has 12 heteroatoms. The van der Waals surface area contributed by atoms with Crippen molar-refractivity contribution in [3.05, 3.63) is 35.9 Å². The summed E-state index contributed by atoms with van der Waals surface area (Å²) in [7, 11) is 0. The van der Waals surface area contributed by atoms with Crippen molar-refractivity contribution in [2.45, 2.75) is 124 Å². The van der Waals surface area contributed by atoms with Gasteiger partial charge in [-0.2, -0.15) is 0 Å². The number of benzene rings is 1. The van der Waals surface area contributed by atoms with E-state index in [0.717, 1.165) is 24.8 Å². The first-order valence-corrected chi connectivity index (χ1v) is 17.9. The summed E-state index contributed by atoms with van der Waals surface area (Å²) in [6.45, 7) is 18.9. The minimum atomic E-state index is -1.11. The van der Waals surface area contributed by atoms with Gasteiger partial charge in [-0.1, -0.05) is 84.2 Å².